The van der Waals surface area contributed by atoms with Crippen LogP contribution in [0, 0.1) is 0 Å². The number of fused-ring (bicyclic) bond motifs is 1. The number of carbonyl (C=O) groups excluding carboxylic acids is 2. The summed E-state index contributed by atoms with van der Waals surface area (Å²) >= 11 is 7.89. The lowest BCUT2D eigenvalue weighted by atomic mass is 10.1. The SMILES string of the molecule is CC(=O)c1ccc(-c2cc(Cl)c3c(c2)C[C@@H](CNC(=O)C=Cc2ccccn2)O3)s1. The van der Waals surface area contributed by atoms with E-state index in [-0.39, 0.29) is 17.8 Å². The van der Waals surface area contributed by atoms with Crippen LogP contribution in [0.3, 0.4) is 0 Å². The lowest BCUT2D eigenvalue weighted by Crippen LogP contribution is -2.33. The number of rotatable bonds is 6. The number of hydrogen-bond acceptors (Lipinski definition) is 5. The monoisotopic (exact) mass is 438 g/mol. The molecule has 1 aliphatic rings. The van der Waals surface area contributed by atoms with E-state index in [4.69, 9.17) is 16.3 Å². The normalized spacial score (nSPS) is 15.1. The van der Waals surface area contributed by atoms with Crippen LogP contribution in [0.2, 0.25) is 5.02 Å². The maximum Gasteiger partial charge on any atom is 0.244 e. The smallest absolute Gasteiger partial charge is 0.244 e. The van der Waals surface area contributed by atoms with Gasteiger partial charge in [-0.25, -0.2) is 0 Å². The van der Waals surface area contributed by atoms with Crippen molar-refractivity contribution >= 4 is 40.7 Å². The van der Waals surface area contributed by atoms with E-state index in [0.717, 1.165) is 26.6 Å². The van der Waals surface area contributed by atoms with Gasteiger partial charge in [0.2, 0.25) is 5.91 Å². The van der Waals surface area contributed by atoms with E-state index in [2.05, 4.69) is 10.3 Å². The minimum atomic E-state index is -0.206. The summed E-state index contributed by atoms with van der Waals surface area (Å²) in [6.07, 6.45) is 5.27. The van der Waals surface area contributed by atoms with E-state index < -0.39 is 0 Å². The van der Waals surface area contributed by atoms with Crippen molar-refractivity contribution in [3.05, 3.63) is 75.9 Å². The molecule has 7 heteroatoms. The highest BCUT2D eigenvalue weighted by atomic mass is 35.5. The summed E-state index contributed by atoms with van der Waals surface area (Å²) in [5.74, 6) is 0.504. The Hall–Kier alpha value is -2.96. The standard InChI is InChI=1S/C23H19ClN2O3S/c1-14(27)20-6-7-21(30-20)15-10-16-11-18(29-23(16)19(24)12-15)13-26-22(28)8-5-17-4-2-3-9-25-17/h2-10,12,18H,11,13H2,1H3,(H,26,28)/t18-/m0/s1. The van der Waals surface area contributed by atoms with Gasteiger partial charge in [-0.2, -0.15) is 0 Å². The molecule has 0 saturated heterocycles. The highest BCUT2D eigenvalue weighted by Gasteiger charge is 2.26. The predicted molar refractivity (Wildman–Crippen MR) is 119 cm³/mol. The fourth-order valence-corrected chi connectivity index (χ4v) is 4.41. The molecule has 3 heterocycles. The Morgan fingerprint density at radius 2 is 2.17 bits per heavy atom. The number of ether oxygens (including phenoxy) is 1. The zero-order valence-electron chi connectivity index (χ0n) is 16.2. The first-order valence-corrected chi connectivity index (χ1v) is 10.7. The van der Waals surface area contributed by atoms with Crippen LogP contribution < -0.4 is 10.1 Å². The third-order valence-corrected chi connectivity index (χ3v) is 6.20. The molecule has 0 spiro atoms. The number of benzene rings is 1. The first-order valence-electron chi connectivity index (χ1n) is 9.47. The molecular formula is C23H19ClN2O3S. The van der Waals surface area contributed by atoms with Crippen LogP contribution in [0.5, 0.6) is 5.75 Å². The van der Waals surface area contributed by atoms with E-state index in [0.29, 0.717) is 23.7 Å². The molecule has 1 aromatic carbocycles. The summed E-state index contributed by atoms with van der Waals surface area (Å²) in [6.45, 7) is 1.93. The molecule has 30 heavy (non-hydrogen) atoms. The topological polar surface area (TPSA) is 68.3 Å². The van der Waals surface area contributed by atoms with Crippen molar-refractivity contribution in [1.29, 1.82) is 0 Å². The average Bonchev–Trinajstić information content (AvgIpc) is 3.39. The number of halogens is 1. The number of aromatic nitrogens is 1. The number of thiophene rings is 1. The maximum absolute atomic E-state index is 12.1. The molecule has 3 aromatic rings. The summed E-state index contributed by atoms with van der Waals surface area (Å²) in [5.41, 5.74) is 2.68. The van der Waals surface area contributed by atoms with Gasteiger partial charge in [-0.1, -0.05) is 17.7 Å². The number of ketones is 1. The first kappa shape index (κ1) is 20.3. The molecule has 0 unspecified atom stereocenters. The van der Waals surface area contributed by atoms with E-state index >= 15 is 0 Å². The van der Waals surface area contributed by atoms with Crippen LogP contribution in [-0.2, 0) is 11.2 Å². The number of hydrogen-bond donors (Lipinski definition) is 1. The molecule has 0 bridgehead atoms. The van der Waals surface area contributed by atoms with E-state index in [1.165, 1.54) is 17.4 Å². The van der Waals surface area contributed by atoms with Crippen LogP contribution in [0.4, 0.5) is 0 Å². The van der Waals surface area contributed by atoms with Gasteiger partial charge in [-0.05, 0) is 55.0 Å². The van der Waals surface area contributed by atoms with Crippen molar-refractivity contribution in [2.45, 2.75) is 19.4 Å². The second-order valence-corrected chi connectivity index (χ2v) is 8.43. The zero-order valence-corrected chi connectivity index (χ0v) is 17.8. The van der Waals surface area contributed by atoms with Crippen molar-refractivity contribution in [2.24, 2.45) is 0 Å². The Kier molecular flexibility index (Phi) is 5.97. The summed E-state index contributed by atoms with van der Waals surface area (Å²) in [4.78, 5) is 29.5. The molecule has 2 aromatic heterocycles. The Bertz CT molecular complexity index is 1120. The number of amides is 1. The maximum atomic E-state index is 12.1. The van der Waals surface area contributed by atoms with Gasteiger partial charge in [-0.15, -0.1) is 11.3 Å². The summed E-state index contributed by atoms with van der Waals surface area (Å²) in [7, 11) is 0. The molecule has 1 N–H and O–H groups in total. The zero-order chi connectivity index (χ0) is 21.1. The third kappa shape index (κ3) is 4.61. The molecule has 152 valence electrons. The van der Waals surface area contributed by atoms with E-state index in [9.17, 15) is 9.59 Å². The largest absolute Gasteiger partial charge is 0.486 e. The average molecular weight is 439 g/mol. The summed E-state index contributed by atoms with van der Waals surface area (Å²) in [6, 6.07) is 13.2. The second kappa shape index (κ2) is 8.81. The van der Waals surface area contributed by atoms with Crippen molar-refractivity contribution in [2.75, 3.05) is 6.54 Å². The predicted octanol–water partition coefficient (Wildman–Crippen LogP) is 4.80. The van der Waals surface area contributed by atoms with Gasteiger partial charge < -0.3 is 10.1 Å². The van der Waals surface area contributed by atoms with Gasteiger partial charge in [-0.3, -0.25) is 14.6 Å². The minimum absolute atomic E-state index is 0.0507. The molecule has 1 amide bonds. The van der Waals surface area contributed by atoms with Crippen molar-refractivity contribution in [3.63, 3.8) is 0 Å². The van der Waals surface area contributed by atoms with E-state index in [1.54, 1.807) is 19.2 Å². The quantitative estimate of drug-likeness (QED) is 0.443. The van der Waals surface area contributed by atoms with Crippen molar-refractivity contribution in [1.82, 2.24) is 10.3 Å². The van der Waals surface area contributed by atoms with Crippen molar-refractivity contribution < 1.29 is 14.3 Å². The van der Waals surface area contributed by atoms with Gasteiger partial charge in [0.15, 0.2) is 5.78 Å². The molecule has 0 radical (unpaired) electrons. The number of nitrogens with zero attached hydrogens (tertiary/aromatic N) is 1. The fraction of sp³-hybridized carbons (Fsp3) is 0.174. The first-order chi connectivity index (χ1) is 14.5. The molecule has 1 aliphatic heterocycles. The lowest BCUT2D eigenvalue weighted by Gasteiger charge is -2.11. The highest BCUT2D eigenvalue weighted by molar-refractivity contribution is 7.17. The van der Waals surface area contributed by atoms with Crippen LogP contribution in [0.15, 0.2) is 54.7 Å². The van der Waals surface area contributed by atoms with Gasteiger partial charge in [0, 0.05) is 29.1 Å². The van der Waals surface area contributed by atoms with Crippen molar-refractivity contribution in [3.8, 4) is 16.2 Å². The molecule has 0 aliphatic carbocycles. The van der Waals surface area contributed by atoms with Crippen LogP contribution >= 0.6 is 22.9 Å². The van der Waals surface area contributed by atoms with Crippen LogP contribution in [-0.4, -0.2) is 29.3 Å². The van der Waals surface area contributed by atoms with Crippen LogP contribution in [0.1, 0.15) is 27.9 Å². The molecule has 4 rings (SSSR count). The fourth-order valence-electron chi connectivity index (χ4n) is 3.23. The van der Waals surface area contributed by atoms with Crippen LogP contribution in [0.25, 0.3) is 16.5 Å². The molecule has 0 fully saturated rings. The highest BCUT2D eigenvalue weighted by Crippen LogP contribution is 2.41. The molecule has 1 atom stereocenters. The third-order valence-electron chi connectivity index (χ3n) is 4.69. The molecule has 5 nitrogen and oxygen atoms in total. The Morgan fingerprint density at radius 3 is 2.90 bits per heavy atom. The van der Waals surface area contributed by atoms with Gasteiger partial charge in [0.25, 0.3) is 0 Å². The summed E-state index contributed by atoms with van der Waals surface area (Å²) < 4.78 is 5.95. The van der Waals surface area contributed by atoms with E-state index in [1.807, 2.05) is 42.5 Å². The Balaban J connectivity index is 1.39. The molecular weight excluding hydrogens is 420 g/mol. The van der Waals surface area contributed by atoms with Gasteiger partial charge >= 0.3 is 0 Å². The molecule has 0 saturated carbocycles. The second-order valence-electron chi connectivity index (χ2n) is 6.94. The summed E-state index contributed by atoms with van der Waals surface area (Å²) in [5, 5.41) is 3.39. The van der Waals surface area contributed by atoms with Gasteiger partial charge in [0.05, 0.1) is 22.1 Å². The lowest BCUT2D eigenvalue weighted by molar-refractivity contribution is -0.116. The Morgan fingerprint density at radius 1 is 1.30 bits per heavy atom. The number of Topliss-reactive ketones (excluding diaryl/α,β-unsaturated/α-hetero) is 1. The van der Waals surface area contributed by atoms with Gasteiger partial charge in [0.1, 0.15) is 11.9 Å². The minimum Gasteiger partial charge on any atom is -0.486 e. The Labute approximate surface area is 183 Å². The number of carbonyl (C=O) groups is 2. The number of nitrogens with one attached hydrogen (secondary N) is 1. The number of pyridine rings is 1.